The highest BCUT2D eigenvalue weighted by Crippen LogP contribution is 2.40. The monoisotopic (exact) mass is 594 g/mol. The Balaban J connectivity index is 1.29. The number of hydrogen-bond acceptors (Lipinski definition) is 7. The predicted molar refractivity (Wildman–Crippen MR) is 172 cm³/mol. The van der Waals surface area contributed by atoms with Crippen molar-refractivity contribution in [3.05, 3.63) is 101 Å². The standard InChI is InChI=1S/C35H38N4O3S/c1-4-41-23-28-20-27(16-17-29(28)30-14-8-9-15-31(30)43-38-33-24(2)25(3)42-37-33)22-39-32(21-26-12-6-5-7-13-26)36-35(34(39)40)18-10-11-19-35/h5-9,12-17,20H,4,10-11,18-19,21-23H2,1-3H3,(H,37,38). The summed E-state index contributed by atoms with van der Waals surface area (Å²) in [5.74, 6) is 2.56. The van der Waals surface area contributed by atoms with Gasteiger partial charge in [-0.05, 0) is 79.4 Å². The number of aromatic nitrogens is 1. The highest BCUT2D eigenvalue weighted by Gasteiger charge is 2.49. The summed E-state index contributed by atoms with van der Waals surface area (Å²) < 4.78 is 14.6. The maximum atomic E-state index is 13.9. The van der Waals surface area contributed by atoms with Gasteiger partial charge >= 0.3 is 0 Å². The summed E-state index contributed by atoms with van der Waals surface area (Å²) in [6, 6.07) is 25.1. The Labute approximate surface area is 257 Å². The van der Waals surface area contributed by atoms with Gasteiger partial charge in [0, 0.05) is 23.5 Å². The van der Waals surface area contributed by atoms with Crippen LogP contribution in [0.1, 0.15) is 60.6 Å². The molecule has 43 heavy (non-hydrogen) atoms. The molecule has 7 nitrogen and oxygen atoms in total. The third kappa shape index (κ3) is 6.12. The first-order valence-electron chi connectivity index (χ1n) is 15.1. The molecule has 3 aromatic carbocycles. The Hall–Kier alpha value is -3.88. The fourth-order valence-corrected chi connectivity index (χ4v) is 6.83. The molecule has 0 saturated heterocycles. The van der Waals surface area contributed by atoms with E-state index in [1.807, 2.05) is 49.9 Å². The molecule has 1 aliphatic heterocycles. The van der Waals surface area contributed by atoms with Crippen LogP contribution in [0.2, 0.25) is 0 Å². The lowest BCUT2D eigenvalue weighted by Gasteiger charge is -2.23. The molecule has 1 aliphatic carbocycles. The van der Waals surface area contributed by atoms with Gasteiger partial charge in [0.2, 0.25) is 0 Å². The van der Waals surface area contributed by atoms with Crippen LogP contribution < -0.4 is 4.72 Å². The maximum Gasteiger partial charge on any atom is 0.256 e. The number of amides is 1. The van der Waals surface area contributed by atoms with E-state index in [0.717, 1.165) is 75.8 Å². The fraction of sp³-hybridized carbons (Fsp3) is 0.343. The third-order valence-electron chi connectivity index (χ3n) is 8.50. The van der Waals surface area contributed by atoms with Crippen LogP contribution in [0.4, 0.5) is 5.82 Å². The second-order valence-electron chi connectivity index (χ2n) is 11.4. The molecular formula is C35H38N4O3S. The highest BCUT2D eigenvalue weighted by molar-refractivity contribution is 8.00. The van der Waals surface area contributed by atoms with Gasteiger partial charge in [0.05, 0.1) is 13.2 Å². The van der Waals surface area contributed by atoms with Crippen molar-refractivity contribution in [1.82, 2.24) is 10.1 Å². The summed E-state index contributed by atoms with van der Waals surface area (Å²) in [5.41, 5.74) is 5.95. The van der Waals surface area contributed by atoms with Crippen LogP contribution in [0.3, 0.4) is 0 Å². The number of hydrogen-bond donors (Lipinski definition) is 1. The van der Waals surface area contributed by atoms with Crippen molar-refractivity contribution in [2.75, 3.05) is 11.3 Å². The summed E-state index contributed by atoms with van der Waals surface area (Å²) in [6.45, 7) is 7.51. The van der Waals surface area contributed by atoms with Crippen molar-refractivity contribution in [3.8, 4) is 11.1 Å². The summed E-state index contributed by atoms with van der Waals surface area (Å²) in [6.07, 6.45) is 4.44. The average molecular weight is 595 g/mol. The molecule has 1 amide bonds. The molecule has 2 aliphatic rings. The van der Waals surface area contributed by atoms with E-state index in [2.05, 4.69) is 58.4 Å². The molecule has 1 aromatic heterocycles. The number of nitrogens with one attached hydrogen (secondary N) is 1. The minimum absolute atomic E-state index is 0.151. The number of carbonyl (C=O) groups excluding carboxylic acids is 1. The molecule has 4 aromatic rings. The van der Waals surface area contributed by atoms with Crippen LogP contribution in [0.5, 0.6) is 0 Å². The lowest BCUT2D eigenvalue weighted by atomic mass is 9.96. The number of amidine groups is 1. The Morgan fingerprint density at radius 2 is 1.74 bits per heavy atom. The quantitative estimate of drug-likeness (QED) is 0.178. The predicted octanol–water partition coefficient (Wildman–Crippen LogP) is 7.91. The molecule has 0 atom stereocenters. The Morgan fingerprint density at radius 1 is 0.977 bits per heavy atom. The number of ether oxygens (including phenoxy) is 1. The Morgan fingerprint density at radius 3 is 2.49 bits per heavy atom. The van der Waals surface area contributed by atoms with E-state index >= 15 is 0 Å². The van der Waals surface area contributed by atoms with E-state index in [1.54, 1.807) is 0 Å². The second-order valence-corrected chi connectivity index (χ2v) is 12.2. The summed E-state index contributed by atoms with van der Waals surface area (Å²) >= 11 is 1.52. The highest BCUT2D eigenvalue weighted by atomic mass is 32.2. The lowest BCUT2D eigenvalue weighted by Crippen LogP contribution is -2.41. The van der Waals surface area contributed by atoms with Gasteiger partial charge in [-0.1, -0.05) is 84.7 Å². The van der Waals surface area contributed by atoms with Crippen LogP contribution >= 0.6 is 11.9 Å². The number of carbonyl (C=O) groups is 1. The molecule has 222 valence electrons. The Bertz CT molecular complexity index is 1630. The molecule has 0 bridgehead atoms. The zero-order chi connectivity index (χ0) is 29.8. The van der Waals surface area contributed by atoms with E-state index in [0.29, 0.717) is 26.2 Å². The number of nitrogens with zero attached hydrogens (tertiary/aromatic N) is 3. The van der Waals surface area contributed by atoms with Gasteiger partial charge < -0.3 is 14.0 Å². The minimum Gasteiger partial charge on any atom is -0.377 e. The van der Waals surface area contributed by atoms with Crippen molar-refractivity contribution in [2.45, 2.75) is 76.5 Å². The zero-order valence-electron chi connectivity index (χ0n) is 25.1. The van der Waals surface area contributed by atoms with Crippen molar-refractivity contribution in [3.63, 3.8) is 0 Å². The number of rotatable bonds is 11. The molecule has 0 radical (unpaired) electrons. The molecule has 8 heteroatoms. The molecule has 1 fully saturated rings. The average Bonchev–Trinajstić information content (AvgIpc) is 3.70. The molecule has 2 heterocycles. The van der Waals surface area contributed by atoms with Crippen LogP contribution in [-0.2, 0) is 29.1 Å². The third-order valence-corrected chi connectivity index (χ3v) is 9.37. The number of benzene rings is 3. The molecule has 1 saturated carbocycles. The summed E-state index contributed by atoms with van der Waals surface area (Å²) in [7, 11) is 0. The zero-order valence-corrected chi connectivity index (χ0v) is 25.9. The second kappa shape index (κ2) is 12.8. The normalized spacial score (nSPS) is 15.8. The van der Waals surface area contributed by atoms with E-state index < -0.39 is 5.54 Å². The van der Waals surface area contributed by atoms with E-state index in [1.165, 1.54) is 17.5 Å². The van der Waals surface area contributed by atoms with E-state index in [4.69, 9.17) is 14.3 Å². The van der Waals surface area contributed by atoms with Crippen molar-refractivity contribution >= 4 is 29.5 Å². The largest absolute Gasteiger partial charge is 0.377 e. The van der Waals surface area contributed by atoms with Gasteiger partial charge in [-0.15, -0.1) is 0 Å². The lowest BCUT2D eigenvalue weighted by molar-refractivity contribution is -0.131. The first kappa shape index (κ1) is 29.2. The molecule has 1 spiro atoms. The maximum absolute atomic E-state index is 13.9. The van der Waals surface area contributed by atoms with Crippen molar-refractivity contribution in [2.24, 2.45) is 4.99 Å². The first-order chi connectivity index (χ1) is 21.0. The van der Waals surface area contributed by atoms with E-state index in [9.17, 15) is 4.79 Å². The summed E-state index contributed by atoms with van der Waals surface area (Å²) in [5, 5.41) is 4.15. The first-order valence-corrected chi connectivity index (χ1v) is 15.9. The van der Waals surface area contributed by atoms with Gasteiger partial charge in [0.25, 0.3) is 5.91 Å². The SMILES string of the molecule is CCOCc1cc(CN2C(=O)C3(CCCC3)N=C2Cc2ccccc2)ccc1-c1ccccc1SNc1noc(C)c1C. The molecule has 1 N–H and O–H groups in total. The van der Waals surface area contributed by atoms with Crippen LogP contribution in [0, 0.1) is 13.8 Å². The molecule has 6 rings (SSSR count). The topological polar surface area (TPSA) is 80.0 Å². The van der Waals surface area contributed by atoms with Gasteiger partial charge in [0.15, 0.2) is 5.82 Å². The van der Waals surface area contributed by atoms with Gasteiger partial charge in [0.1, 0.15) is 17.1 Å². The summed E-state index contributed by atoms with van der Waals surface area (Å²) in [4.78, 5) is 22.0. The van der Waals surface area contributed by atoms with Gasteiger partial charge in [-0.2, -0.15) is 0 Å². The number of aryl methyl sites for hydroxylation is 1. The van der Waals surface area contributed by atoms with E-state index in [-0.39, 0.29) is 5.91 Å². The number of anilines is 1. The van der Waals surface area contributed by atoms with Crippen LogP contribution in [0.15, 0.2) is 87.2 Å². The number of aliphatic imine (C=N–C) groups is 1. The fourth-order valence-electron chi connectivity index (χ4n) is 6.00. The molecule has 0 unspecified atom stereocenters. The smallest absolute Gasteiger partial charge is 0.256 e. The van der Waals surface area contributed by atoms with Crippen LogP contribution in [0.25, 0.3) is 11.1 Å². The minimum atomic E-state index is -0.581. The molecular weight excluding hydrogens is 556 g/mol. The van der Waals surface area contributed by atoms with Gasteiger partial charge in [-0.3, -0.25) is 14.7 Å². The van der Waals surface area contributed by atoms with Crippen molar-refractivity contribution in [1.29, 1.82) is 0 Å². The van der Waals surface area contributed by atoms with Crippen LogP contribution in [-0.4, -0.2) is 33.9 Å². The van der Waals surface area contributed by atoms with Crippen molar-refractivity contribution < 1.29 is 14.1 Å². The Kier molecular flexibility index (Phi) is 8.68. The van der Waals surface area contributed by atoms with Gasteiger partial charge in [-0.25, -0.2) is 0 Å².